The highest BCUT2D eigenvalue weighted by atomic mass is 19.2. The highest BCUT2D eigenvalue weighted by molar-refractivity contribution is 5.93. The van der Waals surface area contributed by atoms with E-state index < -0.39 is 35.6 Å². The van der Waals surface area contributed by atoms with Crippen LogP contribution in [0.5, 0.6) is 0 Å². The second-order valence-electron chi connectivity index (χ2n) is 6.99. The lowest BCUT2D eigenvalue weighted by molar-refractivity contribution is -0.128. The van der Waals surface area contributed by atoms with Crippen LogP contribution in [0.25, 0.3) is 22.2 Å². The van der Waals surface area contributed by atoms with Gasteiger partial charge in [0.25, 0.3) is 0 Å². The second kappa shape index (κ2) is 7.63. The molecule has 1 aliphatic heterocycles. The fraction of sp³-hybridized carbons (Fsp3) is 0.238. The largest absolute Gasteiger partial charge is 0.389 e. The summed E-state index contributed by atoms with van der Waals surface area (Å²) >= 11 is 0. The molecule has 1 saturated heterocycles. The van der Waals surface area contributed by atoms with Crippen LogP contribution in [0.2, 0.25) is 0 Å². The molecule has 0 radical (unpaired) electrons. The first-order valence-corrected chi connectivity index (χ1v) is 9.25. The molecule has 6 nitrogen and oxygen atoms in total. The third kappa shape index (κ3) is 3.58. The summed E-state index contributed by atoms with van der Waals surface area (Å²) < 4.78 is 28.0. The summed E-state index contributed by atoms with van der Waals surface area (Å²) in [5.74, 6) is -2.77. The van der Waals surface area contributed by atoms with Crippen LogP contribution in [0, 0.1) is 11.6 Å². The van der Waals surface area contributed by atoms with Crippen molar-refractivity contribution in [2.75, 3.05) is 6.54 Å². The minimum atomic E-state index is -0.981. The SMILES string of the molecule is O=C(CCc1c(-c2ccccc2)[nH]c2c(F)c(F)ccc12)N[C@@H]1C(=O)NC[C@H]1O. The molecular weight excluding hydrogens is 380 g/mol. The summed E-state index contributed by atoms with van der Waals surface area (Å²) in [7, 11) is 0. The van der Waals surface area contributed by atoms with Gasteiger partial charge in [0.05, 0.1) is 5.52 Å². The molecule has 1 aromatic heterocycles. The third-order valence-corrected chi connectivity index (χ3v) is 5.11. The molecule has 0 bridgehead atoms. The van der Waals surface area contributed by atoms with Gasteiger partial charge in [-0.15, -0.1) is 0 Å². The molecule has 150 valence electrons. The minimum Gasteiger partial charge on any atom is -0.389 e. The van der Waals surface area contributed by atoms with Crippen LogP contribution in [-0.2, 0) is 16.0 Å². The van der Waals surface area contributed by atoms with Gasteiger partial charge in [0.1, 0.15) is 12.1 Å². The first-order valence-electron chi connectivity index (χ1n) is 9.25. The van der Waals surface area contributed by atoms with Crippen LogP contribution in [0.15, 0.2) is 42.5 Å². The van der Waals surface area contributed by atoms with Gasteiger partial charge in [-0.3, -0.25) is 9.59 Å². The van der Waals surface area contributed by atoms with E-state index in [-0.39, 0.29) is 24.9 Å². The maximum absolute atomic E-state index is 14.3. The fourth-order valence-corrected chi connectivity index (χ4v) is 3.62. The lowest BCUT2D eigenvalue weighted by Gasteiger charge is -2.13. The van der Waals surface area contributed by atoms with Crippen molar-refractivity contribution in [2.24, 2.45) is 0 Å². The van der Waals surface area contributed by atoms with Gasteiger partial charge in [-0.2, -0.15) is 0 Å². The first-order chi connectivity index (χ1) is 14.0. The minimum absolute atomic E-state index is 0.0162. The number of aromatic nitrogens is 1. The van der Waals surface area contributed by atoms with Crippen molar-refractivity contribution in [3.8, 4) is 11.3 Å². The van der Waals surface area contributed by atoms with Gasteiger partial charge >= 0.3 is 0 Å². The van der Waals surface area contributed by atoms with E-state index in [2.05, 4.69) is 15.6 Å². The highest BCUT2D eigenvalue weighted by Gasteiger charge is 2.34. The molecule has 0 spiro atoms. The zero-order valence-electron chi connectivity index (χ0n) is 15.3. The number of aliphatic hydroxyl groups is 1. The number of nitrogens with one attached hydrogen (secondary N) is 3. The van der Waals surface area contributed by atoms with Gasteiger partial charge in [-0.1, -0.05) is 30.3 Å². The number of halogens is 2. The number of fused-ring (bicyclic) bond motifs is 1. The second-order valence-corrected chi connectivity index (χ2v) is 6.99. The van der Waals surface area contributed by atoms with Crippen LogP contribution in [0.3, 0.4) is 0 Å². The molecule has 0 unspecified atom stereocenters. The number of benzene rings is 2. The Kier molecular flexibility index (Phi) is 5.02. The van der Waals surface area contributed by atoms with Crippen molar-refractivity contribution < 1.29 is 23.5 Å². The number of β-amino-alcohol motifs (C(OH)–C–C–N with tert-alkyl or cyclic N) is 1. The molecule has 2 atom stereocenters. The van der Waals surface area contributed by atoms with Crippen molar-refractivity contribution in [2.45, 2.75) is 25.0 Å². The van der Waals surface area contributed by atoms with E-state index in [0.29, 0.717) is 16.6 Å². The molecule has 1 aliphatic rings. The first kappa shape index (κ1) is 19.1. The van der Waals surface area contributed by atoms with Gasteiger partial charge in [0, 0.05) is 24.0 Å². The summed E-state index contributed by atoms with van der Waals surface area (Å²) in [6, 6.07) is 10.7. The van der Waals surface area contributed by atoms with Crippen molar-refractivity contribution in [1.82, 2.24) is 15.6 Å². The normalized spacial score (nSPS) is 18.8. The van der Waals surface area contributed by atoms with E-state index in [9.17, 15) is 23.5 Å². The zero-order chi connectivity index (χ0) is 20.5. The predicted molar refractivity (Wildman–Crippen MR) is 103 cm³/mol. The van der Waals surface area contributed by atoms with E-state index in [1.807, 2.05) is 30.3 Å². The molecule has 3 aromatic rings. The van der Waals surface area contributed by atoms with Gasteiger partial charge in [0.15, 0.2) is 11.6 Å². The Morgan fingerprint density at radius 2 is 1.93 bits per heavy atom. The van der Waals surface area contributed by atoms with Crippen molar-refractivity contribution in [1.29, 1.82) is 0 Å². The average molecular weight is 399 g/mol. The quantitative estimate of drug-likeness (QED) is 0.529. The molecule has 8 heteroatoms. The summed E-state index contributed by atoms with van der Waals surface area (Å²) in [4.78, 5) is 27.0. The lowest BCUT2D eigenvalue weighted by Crippen LogP contribution is -2.45. The van der Waals surface area contributed by atoms with Crippen molar-refractivity contribution in [3.05, 3.63) is 59.7 Å². The molecule has 0 saturated carbocycles. The molecule has 2 heterocycles. The molecule has 0 aliphatic carbocycles. The number of amides is 2. The lowest BCUT2D eigenvalue weighted by atomic mass is 10.0. The van der Waals surface area contributed by atoms with E-state index in [1.54, 1.807) is 0 Å². The number of carbonyl (C=O) groups excluding carboxylic acids is 2. The van der Waals surface area contributed by atoms with Crippen molar-refractivity contribution in [3.63, 3.8) is 0 Å². The predicted octanol–water partition coefficient (Wildman–Crippen LogP) is 2.02. The van der Waals surface area contributed by atoms with Crippen molar-refractivity contribution >= 4 is 22.7 Å². The number of aromatic amines is 1. The maximum atomic E-state index is 14.3. The van der Waals surface area contributed by atoms with E-state index >= 15 is 0 Å². The number of aryl methyl sites for hydroxylation is 1. The summed E-state index contributed by atoms with van der Waals surface area (Å²) in [6.45, 7) is 0.0925. The smallest absolute Gasteiger partial charge is 0.245 e. The van der Waals surface area contributed by atoms with Crippen LogP contribution in [0.1, 0.15) is 12.0 Å². The summed E-state index contributed by atoms with van der Waals surface area (Å²) in [5.41, 5.74) is 2.11. The third-order valence-electron chi connectivity index (χ3n) is 5.11. The van der Waals surface area contributed by atoms with Crippen LogP contribution < -0.4 is 10.6 Å². The number of carbonyl (C=O) groups is 2. The van der Waals surface area contributed by atoms with Crippen LogP contribution in [-0.4, -0.2) is 40.6 Å². The van der Waals surface area contributed by atoms with Gasteiger partial charge in [-0.25, -0.2) is 8.78 Å². The van der Waals surface area contributed by atoms with Gasteiger partial charge in [-0.05, 0) is 29.7 Å². The Morgan fingerprint density at radius 3 is 2.62 bits per heavy atom. The topological polar surface area (TPSA) is 94.2 Å². The maximum Gasteiger partial charge on any atom is 0.245 e. The standard InChI is InChI=1S/C21H19F2N3O3/c22-14-8-6-13-12(7-9-16(28)25-20-15(27)10-24-21(20)29)18(26-19(13)17(14)23)11-4-2-1-3-5-11/h1-6,8,15,20,26-27H,7,9-10H2,(H,24,29)(H,25,28)/t15-,20+/m1/s1. The molecular formula is C21H19F2N3O3. The highest BCUT2D eigenvalue weighted by Crippen LogP contribution is 2.33. The van der Waals surface area contributed by atoms with Crippen LogP contribution >= 0.6 is 0 Å². The molecule has 2 amide bonds. The van der Waals surface area contributed by atoms with Gasteiger partial charge in [0.2, 0.25) is 11.8 Å². The zero-order valence-corrected chi connectivity index (χ0v) is 15.3. The number of hydrogen-bond donors (Lipinski definition) is 4. The van der Waals surface area contributed by atoms with Gasteiger partial charge < -0.3 is 20.7 Å². The number of rotatable bonds is 5. The molecule has 2 aromatic carbocycles. The summed E-state index contributed by atoms with van der Waals surface area (Å²) in [5, 5.41) is 15.3. The summed E-state index contributed by atoms with van der Waals surface area (Å²) in [6.07, 6.45) is -0.718. The molecule has 29 heavy (non-hydrogen) atoms. The van der Waals surface area contributed by atoms with E-state index in [1.165, 1.54) is 6.07 Å². The number of H-pyrrole nitrogens is 1. The fourth-order valence-electron chi connectivity index (χ4n) is 3.62. The van der Waals surface area contributed by atoms with E-state index in [0.717, 1.165) is 11.6 Å². The number of hydrogen-bond acceptors (Lipinski definition) is 3. The Morgan fingerprint density at radius 1 is 1.17 bits per heavy atom. The number of aliphatic hydroxyl groups excluding tert-OH is 1. The van der Waals surface area contributed by atoms with Crippen LogP contribution in [0.4, 0.5) is 8.78 Å². The molecule has 4 N–H and O–H groups in total. The average Bonchev–Trinajstić information content (AvgIpc) is 3.25. The molecule has 1 fully saturated rings. The van der Waals surface area contributed by atoms with E-state index in [4.69, 9.17) is 0 Å². The molecule has 4 rings (SSSR count). The Labute approximate surface area is 164 Å². The monoisotopic (exact) mass is 399 g/mol. The Bertz CT molecular complexity index is 1080. The Balaban J connectivity index is 1.63. The Hall–Kier alpha value is -3.26.